The Morgan fingerprint density at radius 3 is 1.56 bits per heavy atom. The molecule has 0 aromatic heterocycles. The van der Waals surface area contributed by atoms with E-state index in [2.05, 4.69) is 0 Å². The van der Waals surface area contributed by atoms with Crippen LogP contribution in [0.4, 0.5) is 0 Å². The molecule has 5 heteroatoms. The van der Waals surface area contributed by atoms with E-state index in [9.17, 15) is 4.57 Å². The number of phosphoric acid groups is 1. The molecule has 0 N–H and O–H groups in total. The summed E-state index contributed by atoms with van der Waals surface area (Å²) in [5.74, 6) is 0.441. The van der Waals surface area contributed by atoms with Gasteiger partial charge in [-0.3, -0.25) is 9.05 Å². The summed E-state index contributed by atoms with van der Waals surface area (Å²) in [7, 11) is -3.77. The zero-order valence-corrected chi connectivity index (χ0v) is 16.7. The van der Waals surface area contributed by atoms with E-state index in [4.69, 9.17) is 13.6 Å². The fraction of sp³-hybridized carbons (Fsp3) is 0.400. The summed E-state index contributed by atoms with van der Waals surface area (Å²) in [6.45, 7) is 10.9. The molecule has 2 aromatic rings. The lowest BCUT2D eigenvalue weighted by molar-refractivity contribution is 0.0224. The molecule has 0 aliphatic carbocycles. The van der Waals surface area contributed by atoms with E-state index in [1.807, 2.05) is 84.0 Å². The third-order valence-corrected chi connectivity index (χ3v) is 4.93. The summed E-state index contributed by atoms with van der Waals surface area (Å²) >= 11 is 0. The topological polar surface area (TPSA) is 44.8 Å². The lowest BCUT2D eigenvalue weighted by atomic mass is 10.1. The van der Waals surface area contributed by atoms with Gasteiger partial charge in [0.2, 0.25) is 0 Å². The molecule has 0 aliphatic heterocycles. The molecule has 0 unspecified atom stereocenters. The molecule has 0 radical (unpaired) electrons. The summed E-state index contributed by atoms with van der Waals surface area (Å²) in [5.41, 5.74) is 0.834. The first-order chi connectivity index (χ1) is 11.5. The molecular weight excluding hydrogens is 335 g/mol. The number of rotatable bonds is 5. The fourth-order valence-corrected chi connectivity index (χ4v) is 4.03. The quantitative estimate of drug-likeness (QED) is 0.572. The SMILES string of the molecule is CC(C)(C)OP(=O)(Oc1ccc(-c2ccccc2)cc1)OC(C)(C)C. The molecule has 0 amide bonds. The minimum atomic E-state index is -3.77. The van der Waals surface area contributed by atoms with Crippen molar-refractivity contribution in [2.75, 3.05) is 0 Å². The van der Waals surface area contributed by atoms with E-state index >= 15 is 0 Å². The fourth-order valence-electron chi connectivity index (χ4n) is 2.19. The van der Waals surface area contributed by atoms with E-state index in [1.54, 1.807) is 12.1 Å². The van der Waals surface area contributed by atoms with Crippen LogP contribution in [0.25, 0.3) is 11.1 Å². The molecule has 136 valence electrons. The van der Waals surface area contributed by atoms with Crippen molar-refractivity contribution in [2.24, 2.45) is 0 Å². The molecule has 0 atom stereocenters. The van der Waals surface area contributed by atoms with E-state index in [1.165, 1.54) is 0 Å². The Bertz CT molecular complexity index is 705. The van der Waals surface area contributed by atoms with E-state index in [0.717, 1.165) is 11.1 Å². The minimum Gasteiger partial charge on any atom is -0.404 e. The molecule has 25 heavy (non-hydrogen) atoms. The van der Waals surface area contributed by atoms with Crippen LogP contribution in [-0.2, 0) is 13.6 Å². The van der Waals surface area contributed by atoms with Crippen LogP contribution in [0.2, 0.25) is 0 Å². The van der Waals surface area contributed by atoms with Crippen LogP contribution in [0.5, 0.6) is 5.75 Å². The predicted octanol–water partition coefficient (Wildman–Crippen LogP) is 6.47. The highest BCUT2D eigenvalue weighted by molar-refractivity contribution is 7.49. The van der Waals surface area contributed by atoms with Crippen LogP contribution in [0.1, 0.15) is 41.5 Å². The monoisotopic (exact) mass is 362 g/mol. The second kappa shape index (κ2) is 7.33. The summed E-state index contributed by atoms with van der Waals surface area (Å²) in [6.07, 6.45) is 0. The molecule has 0 spiro atoms. The Kier molecular flexibility index (Phi) is 5.78. The third-order valence-electron chi connectivity index (χ3n) is 2.95. The average molecular weight is 362 g/mol. The van der Waals surface area contributed by atoms with Crippen LogP contribution in [0.15, 0.2) is 54.6 Å². The number of hydrogen-bond donors (Lipinski definition) is 0. The van der Waals surface area contributed by atoms with E-state index < -0.39 is 19.0 Å². The Balaban J connectivity index is 2.22. The Morgan fingerprint density at radius 2 is 1.12 bits per heavy atom. The Hall–Kier alpha value is -1.61. The molecule has 0 aliphatic rings. The first-order valence-corrected chi connectivity index (χ1v) is 9.79. The zero-order chi connectivity index (χ0) is 18.7. The van der Waals surface area contributed by atoms with Crippen molar-refractivity contribution in [2.45, 2.75) is 52.7 Å². The van der Waals surface area contributed by atoms with E-state index in [-0.39, 0.29) is 0 Å². The van der Waals surface area contributed by atoms with Crippen LogP contribution < -0.4 is 4.52 Å². The number of phosphoric ester groups is 1. The zero-order valence-electron chi connectivity index (χ0n) is 15.8. The van der Waals surface area contributed by atoms with Gasteiger partial charge in [-0.1, -0.05) is 42.5 Å². The van der Waals surface area contributed by atoms with Gasteiger partial charge in [-0.2, -0.15) is 0 Å². The van der Waals surface area contributed by atoms with Gasteiger partial charge in [0, 0.05) is 0 Å². The third kappa shape index (κ3) is 6.66. The molecule has 4 nitrogen and oxygen atoms in total. The lowest BCUT2D eigenvalue weighted by Crippen LogP contribution is -2.25. The highest BCUT2D eigenvalue weighted by Gasteiger charge is 2.38. The van der Waals surface area contributed by atoms with Crippen molar-refractivity contribution in [1.82, 2.24) is 0 Å². The molecule has 0 fully saturated rings. The summed E-state index contributed by atoms with van der Waals surface area (Å²) in [4.78, 5) is 0. The normalized spacial score (nSPS) is 12.9. The molecule has 0 saturated carbocycles. The van der Waals surface area contributed by atoms with Crippen molar-refractivity contribution in [3.63, 3.8) is 0 Å². The molecule has 0 heterocycles. The average Bonchev–Trinajstić information content (AvgIpc) is 2.44. The first kappa shape index (κ1) is 19.7. The van der Waals surface area contributed by atoms with Crippen molar-refractivity contribution in [3.8, 4) is 16.9 Å². The largest absolute Gasteiger partial charge is 0.531 e. The first-order valence-electron chi connectivity index (χ1n) is 8.32. The molecular formula is C20H27O4P. The van der Waals surface area contributed by atoms with Crippen molar-refractivity contribution >= 4 is 7.82 Å². The van der Waals surface area contributed by atoms with Crippen molar-refractivity contribution in [3.05, 3.63) is 54.6 Å². The summed E-state index contributed by atoms with van der Waals surface area (Å²) in [5, 5.41) is 0. The smallest absolute Gasteiger partial charge is 0.404 e. The van der Waals surface area contributed by atoms with Gasteiger partial charge in [-0.05, 0) is 64.8 Å². The highest BCUT2D eigenvalue weighted by atomic mass is 31.2. The molecule has 2 aromatic carbocycles. The lowest BCUT2D eigenvalue weighted by Gasteiger charge is -2.30. The molecule has 0 saturated heterocycles. The second-order valence-electron chi connectivity index (χ2n) is 7.84. The van der Waals surface area contributed by atoms with Crippen LogP contribution in [0, 0.1) is 0 Å². The van der Waals surface area contributed by atoms with Crippen LogP contribution in [0.3, 0.4) is 0 Å². The summed E-state index contributed by atoms with van der Waals surface area (Å²) < 4.78 is 30.0. The van der Waals surface area contributed by atoms with Gasteiger partial charge in [0.05, 0.1) is 11.2 Å². The standard InChI is InChI=1S/C20H27O4P/c1-19(2,3)23-25(21,24-20(4,5)6)22-18-14-12-17(13-15-18)16-10-8-7-9-11-16/h7-15H,1-6H3. The Morgan fingerprint density at radius 1 is 0.680 bits per heavy atom. The Labute approximate surface area is 150 Å². The van der Waals surface area contributed by atoms with E-state index in [0.29, 0.717) is 5.75 Å². The van der Waals surface area contributed by atoms with Gasteiger partial charge in [0.1, 0.15) is 5.75 Å². The minimum absolute atomic E-state index is 0.441. The second-order valence-corrected chi connectivity index (χ2v) is 9.28. The van der Waals surface area contributed by atoms with Gasteiger partial charge in [0.15, 0.2) is 0 Å². The molecule has 0 bridgehead atoms. The summed E-state index contributed by atoms with van der Waals surface area (Å²) in [6, 6.07) is 17.4. The van der Waals surface area contributed by atoms with Crippen molar-refractivity contribution < 1.29 is 18.1 Å². The maximum atomic E-state index is 13.1. The number of benzene rings is 2. The predicted molar refractivity (Wildman–Crippen MR) is 102 cm³/mol. The van der Waals surface area contributed by atoms with Gasteiger partial charge in [0.25, 0.3) is 0 Å². The van der Waals surface area contributed by atoms with Crippen LogP contribution >= 0.6 is 7.82 Å². The van der Waals surface area contributed by atoms with Gasteiger partial charge < -0.3 is 4.52 Å². The van der Waals surface area contributed by atoms with Gasteiger partial charge >= 0.3 is 7.82 Å². The maximum Gasteiger partial charge on any atom is 0.531 e. The van der Waals surface area contributed by atoms with Crippen LogP contribution in [-0.4, -0.2) is 11.2 Å². The maximum absolute atomic E-state index is 13.1. The molecule has 2 rings (SSSR count). The van der Waals surface area contributed by atoms with Gasteiger partial charge in [-0.25, -0.2) is 4.57 Å². The van der Waals surface area contributed by atoms with Crippen molar-refractivity contribution in [1.29, 1.82) is 0 Å². The van der Waals surface area contributed by atoms with Gasteiger partial charge in [-0.15, -0.1) is 0 Å². The highest BCUT2D eigenvalue weighted by Crippen LogP contribution is 2.55. The number of hydrogen-bond acceptors (Lipinski definition) is 4.